The summed E-state index contributed by atoms with van der Waals surface area (Å²) in [5.41, 5.74) is 5.59. The predicted molar refractivity (Wildman–Crippen MR) is 179 cm³/mol. The lowest BCUT2D eigenvalue weighted by Crippen LogP contribution is -2.66. The van der Waals surface area contributed by atoms with E-state index in [-0.39, 0.29) is 24.0 Å². The lowest BCUT2D eigenvalue weighted by molar-refractivity contribution is -0.143. The normalized spacial score (nSPS) is 12.0. The average Bonchev–Trinajstić information content (AvgIpc) is 3.43. The molecule has 0 radical (unpaired) electrons. The topological polar surface area (TPSA) is 79.1 Å². The minimum Gasteiger partial charge on any atom is -0.466 e. The van der Waals surface area contributed by atoms with Crippen LogP contribution in [-0.4, -0.2) is 40.6 Å². The molecule has 0 amide bonds. The standard InChI is InChI=1S/C36H42N4O3Si/c1-7-40-35-31(24-38-40)34(27-21-26(3)22-37-23-27)30(19-20-33(41)42-8-2)32(39-35)25-43-44(36(4,5)6,28-15-11-9-12-16-28)29-17-13-10-14-18-29/h9-18,21-24H,7-8,19-20,25H2,1-6H3. The van der Waals surface area contributed by atoms with Crippen LogP contribution in [0.2, 0.25) is 5.04 Å². The van der Waals surface area contributed by atoms with Gasteiger partial charge in [-0.1, -0.05) is 81.4 Å². The number of ether oxygens (including phenoxy) is 1. The van der Waals surface area contributed by atoms with Crippen LogP contribution in [0.4, 0.5) is 0 Å². The van der Waals surface area contributed by atoms with Crippen LogP contribution in [0.3, 0.4) is 0 Å². The first-order valence-corrected chi connectivity index (χ1v) is 17.3. The van der Waals surface area contributed by atoms with Gasteiger partial charge in [-0.25, -0.2) is 9.67 Å². The van der Waals surface area contributed by atoms with Crippen molar-refractivity contribution in [2.45, 2.75) is 72.6 Å². The van der Waals surface area contributed by atoms with E-state index in [0.29, 0.717) is 19.6 Å². The van der Waals surface area contributed by atoms with Gasteiger partial charge in [-0.05, 0) is 59.8 Å². The number of aromatic nitrogens is 4. The highest BCUT2D eigenvalue weighted by molar-refractivity contribution is 6.99. The Balaban J connectivity index is 1.73. The van der Waals surface area contributed by atoms with E-state index in [2.05, 4.69) is 92.4 Å². The fourth-order valence-electron chi connectivity index (χ4n) is 6.22. The van der Waals surface area contributed by atoms with Crippen molar-refractivity contribution in [3.05, 3.63) is 102 Å². The van der Waals surface area contributed by atoms with Crippen LogP contribution in [0, 0.1) is 6.92 Å². The Kier molecular flexibility index (Phi) is 9.41. The van der Waals surface area contributed by atoms with Crippen molar-refractivity contribution in [2.75, 3.05) is 6.61 Å². The van der Waals surface area contributed by atoms with Gasteiger partial charge in [0.05, 0.1) is 25.1 Å². The Labute approximate surface area is 261 Å². The molecule has 7 nitrogen and oxygen atoms in total. The van der Waals surface area contributed by atoms with E-state index < -0.39 is 8.32 Å². The second-order valence-electron chi connectivity index (χ2n) is 12.1. The van der Waals surface area contributed by atoms with Gasteiger partial charge in [0.1, 0.15) is 0 Å². The van der Waals surface area contributed by atoms with Gasteiger partial charge in [-0.15, -0.1) is 0 Å². The van der Waals surface area contributed by atoms with Gasteiger partial charge < -0.3 is 9.16 Å². The third-order valence-corrected chi connectivity index (χ3v) is 13.1. The lowest BCUT2D eigenvalue weighted by atomic mass is 9.93. The largest absolute Gasteiger partial charge is 0.466 e. The smallest absolute Gasteiger partial charge is 0.306 e. The molecule has 0 unspecified atom stereocenters. The summed E-state index contributed by atoms with van der Waals surface area (Å²) >= 11 is 0. The Morgan fingerprint density at radius 3 is 2.16 bits per heavy atom. The van der Waals surface area contributed by atoms with Crippen molar-refractivity contribution in [3.63, 3.8) is 0 Å². The number of benzene rings is 2. The molecule has 0 spiro atoms. The van der Waals surface area contributed by atoms with Gasteiger partial charge in [0.25, 0.3) is 8.32 Å². The summed E-state index contributed by atoms with van der Waals surface area (Å²) in [5.74, 6) is -0.232. The minimum atomic E-state index is -2.86. The van der Waals surface area contributed by atoms with E-state index in [1.54, 1.807) is 0 Å². The number of carbonyl (C=O) groups is 1. The molecule has 0 aliphatic rings. The number of carbonyl (C=O) groups excluding carboxylic acids is 1. The van der Waals surface area contributed by atoms with Crippen LogP contribution >= 0.6 is 0 Å². The van der Waals surface area contributed by atoms with Gasteiger partial charge in [0, 0.05) is 41.9 Å². The summed E-state index contributed by atoms with van der Waals surface area (Å²) in [4.78, 5) is 22.4. The molecule has 8 heteroatoms. The molecule has 5 rings (SSSR count). The van der Waals surface area contributed by atoms with Gasteiger partial charge in [0.15, 0.2) is 5.65 Å². The van der Waals surface area contributed by atoms with E-state index >= 15 is 0 Å². The molecule has 2 aromatic carbocycles. The first-order chi connectivity index (χ1) is 21.2. The molecule has 228 valence electrons. The Morgan fingerprint density at radius 2 is 1.59 bits per heavy atom. The summed E-state index contributed by atoms with van der Waals surface area (Å²) in [7, 11) is -2.86. The fourth-order valence-corrected chi connectivity index (χ4v) is 10.7. The molecular weight excluding hydrogens is 565 g/mol. The molecule has 0 saturated carbocycles. The van der Waals surface area contributed by atoms with E-state index in [4.69, 9.17) is 14.1 Å². The fraction of sp³-hybridized carbons (Fsp3) is 0.333. The molecule has 0 atom stereocenters. The van der Waals surface area contributed by atoms with Crippen LogP contribution in [0.5, 0.6) is 0 Å². The molecule has 5 aromatic rings. The number of pyridine rings is 2. The monoisotopic (exact) mass is 606 g/mol. The van der Waals surface area contributed by atoms with E-state index in [0.717, 1.165) is 39.0 Å². The molecule has 0 fully saturated rings. The SMILES string of the molecule is CCOC(=O)CCc1c(CO[Si](c2ccccc2)(c2ccccc2)C(C)(C)C)nc2c(cnn2CC)c1-c1cncc(C)c1. The zero-order valence-electron chi connectivity index (χ0n) is 26.6. The number of hydrogen-bond acceptors (Lipinski definition) is 6. The van der Waals surface area contributed by atoms with Crippen LogP contribution in [-0.2, 0) is 33.5 Å². The first-order valence-electron chi connectivity index (χ1n) is 15.4. The van der Waals surface area contributed by atoms with Crippen molar-refractivity contribution < 1.29 is 14.0 Å². The zero-order chi connectivity index (χ0) is 31.3. The summed E-state index contributed by atoms with van der Waals surface area (Å²) < 4.78 is 14.6. The molecular formula is C36H42N4O3Si. The van der Waals surface area contributed by atoms with E-state index in [9.17, 15) is 4.79 Å². The highest BCUT2D eigenvalue weighted by Gasteiger charge is 2.50. The number of esters is 1. The summed E-state index contributed by atoms with van der Waals surface area (Å²) in [6, 6.07) is 23.4. The minimum absolute atomic E-state index is 0.195. The van der Waals surface area contributed by atoms with Crippen molar-refractivity contribution in [3.8, 4) is 11.1 Å². The number of hydrogen-bond donors (Lipinski definition) is 0. The van der Waals surface area contributed by atoms with Crippen LogP contribution in [0.15, 0.2) is 85.3 Å². The maximum atomic E-state index is 12.7. The molecule has 0 saturated heterocycles. The van der Waals surface area contributed by atoms with Crippen molar-refractivity contribution >= 4 is 35.7 Å². The maximum absolute atomic E-state index is 12.7. The summed E-state index contributed by atoms with van der Waals surface area (Å²) in [6.07, 6.45) is 6.31. The second kappa shape index (κ2) is 13.2. The molecule has 0 bridgehead atoms. The molecule has 0 aliphatic heterocycles. The lowest BCUT2D eigenvalue weighted by Gasteiger charge is -2.43. The van der Waals surface area contributed by atoms with Gasteiger partial charge in [0.2, 0.25) is 0 Å². The van der Waals surface area contributed by atoms with E-state index in [1.807, 2.05) is 49.3 Å². The molecule has 3 heterocycles. The summed E-state index contributed by atoms with van der Waals surface area (Å²) in [6.45, 7) is 14.1. The van der Waals surface area contributed by atoms with Crippen molar-refractivity contribution in [2.24, 2.45) is 0 Å². The molecule has 0 aliphatic carbocycles. The predicted octanol–water partition coefficient (Wildman–Crippen LogP) is 6.39. The van der Waals surface area contributed by atoms with Crippen molar-refractivity contribution in [1.29, 1.82) is 0 Å². The van der Waals surface area contributed by atoms with Crippen LogP contribution in [0.25, 0.3) is 22.2 Å². The first kappa shape index (κ1) is 31.3. The number of rotatable bonds is 11. The summed E-state index contributed by atoms with van der Waals surface area (Å²) in [5, 5.41) is 7.83. The highest BCUT2D eigenvalue weighted by Crippen LogP contribution is 2.39. The van der Waals surface area contributed by atoms with Gasteiger partial charge in [-0.3, -0.25) is 9.78 Å². The Hall–Kier alpha value is -4.14. The van der Waals surface area contributed by atoms with Gasteiger partial charge >= 0.3 is 5.97 Å². The number of fused-ring (bicyclic) bond motifs is 1. The van der Waals surface area contributed by atoms with Crippen molar-refractivity contribution in [1.82, 2.24) is 19.7 Å². The third kappa shape index (κ3) is 6.09. The number of aryl methyl sites for hydroxylation is 2. The quantitative estimate of drug-likeness (QED) is 0.128. The molecule has 44 heavy (non-hydrogen) atoms. The van der Waals surface area contributed by atoms with Gasteiger partial charge in [-0.2, -0.15) is 5.10 Å². The third-order valence-electron chi connectivity index (χ3n) is 8.16. The Morgan fingerprint density at radius 1 is 0.932 bits per heavy atom. The number of nitrogens with zero attached hydrogens (tertiary/aromatic N) is 4. The Bertz CT molecular complexity index is 1690. The molecule has 3 aromatic heterocycles. The molecule has 0 N–H and O–H groups in total. The highest BCUT2D eigenvalue weighted by atomic mass is 28.4. The zero-order valence-corrected chi connectivity index (χ0v) is 27.6. The second-order valence-corrected chi connectivity index (χ2v) is 16.4. The van der Waals surface area contributed by atoms with Crippen LogP contribution < -0.4 is 10.4 Å². The average molecular weight is 607 g/mol. The van der Waals surface area contributed by atoms with E-state index in [1.165, 1.54) is 10.4 Å². The van der Waals surface area contributed by atoms with Crippen LogP contribution in [0.1, 0.15) is 57.9 Å². The maximum Gasteiger partial charge on any atom is 0.306 e.